The number of benzene rings is 2. The van der Waals surface area contributed by atoms with E-state index >= 15 is 0 Å². The summed E-state index contributed by atoms with van der Waals surface area (Å²) in [5.41, 5.74) is 2.46. The lowest BCUT2D eigenvalue weighted by Crippen LogP contribution is -2.23. The van der Waals surface area contributed by atoms with Crippen molar-refractivity contribution in [2.75, 3.05) is 18.2 Å². The first kappa shape index (κ1) is 16.6. The summed E-state index contributed by atoms with van der Waals surface area (Å²) in [5.74, 6) is 1.41. The first-order chi connectivity index (χ1) is 12.0. The van der Waals surface area contributed by atoms with Crippen molar-refractivity contribution in [1.82, 2.24) is 0 Å². The predicted molar refractivity (Wildman–Crippen MR) is 91.8 cm³/mol. The van der Waals surface area contributed by atoms with Crippen LogP contribution >= 0.6 is 0 Å². The summed E-state index contributed by atoms with van der Waals surface area (Å²) in [6.45, 7) is 5.07. The van der Waals surface area contributed by atoms with Crippen molar-refractivity contribution in [3.05, 3.63) is 57.1 Å². The lowest BCUT2D eigenvalue weighted by atomic mass is 10.1. The van der Waals surface area contributed by atoms with Gasteiger partial charge >= 0.3 is 0 Å². The van der Waals surface area contributed by atoms with E-state index in [-0.39, 0.29) is 18.0 Å². The highest BCUT2D eigenvalue weighted by Gasteiger charge is 2.20. The Morgan fingerprint density at radius 3 is 2.72 bits per heavy atom. The lowest BCUT2D eigenvalue weighted by Gasteiger charge is -2.25. The van der Waals surface area contributed by atoms with Crippen LogP contribution in [0.1, 0.15) is 23.6 Å². The highest BCUT2D eigenvalue weighted by atomic mass is 16.7. The number of nitro benzene ring substituents is 1. The fraction of sp³-hybridized carbons (Fsp3) is 0.278. The molecule has 7 nitrogen and oxygen atoms in total. The average molecular weight is 339 g/mol. The summed E-state index contributed by atoms with van der Waals surface area (Å²) in [7, 11) is 0. The van der Waals surface area contributed by atoms with Gasteiger partial charge in [-0.25, -0.2) is 0 Å². The van der Waals surface area contributed by atoms with E-state index in [1.165, 1.54) is 6.07 Å². The minimum atomic E-state index is -0.450. The maximum atomic E-state index is 11.3. The molecule has 0 saturated heterocycles. The number of rotatable bonds is 5. The molecule has 2 aromatic carbocycles. The number of nitrogens with zero attached hydrogens (tertiary/aromatic N) is 3. The van der Waals surface area contributed by atoms with Crippen molar-refractivity contribution in [2.45, 2.75) is 20.4 Å². The molecule has 2 aromatic rings. The van der Waals surface area contributed by atoms with E-state index in [1.54, 1.807) is 13.0 Å². The highest BCUT2D eigenvalue weighted by Crippen LogP contribution is 2.35. The summed E-state index contributed by atoms with van der Waals surface area (Å²) in [4.78, 5) is 12.8. The van der Waals surface area contributed by atoms with Crippen LogP contribution in [0.4, 0.5) is 11.4 Å². The molecule has 25 heavy (non-hydrogen) atoms. The van der Waals surface area contributed by atoms with Gasteiger partial charge in [0.15, 0.2) is 11.5 Å². The van der Waals surface area contributed by atoms with Crippen LogP contribution in [0, 0.1) is 28.4 Å². The third-order valence-electron chi connectivity index (χ3n) is 4.21. The first-order valence-electron chi connectivity index (χ1n) is 7.86. The smallest absolute Gasteiger partial charge is 0.275 e. The predicted octanol–water partition coefficient (Wildman–Crippen LogP) is 3.53. The Labute approximate surface area is 145 Å². The molecule has 0 spiro atoms. The first-order valence-corrected chi connectivity index (χ1v) is 7.86. The van der Waals surface area contributed by atoms with Gasteiger partial charge in [0.25, 0.3) is 5.69 Å². The Balaban J connectivity index is 1.97. The second-order valence-corrected chi connectivity index (χ2v) is 5.71. The van der Waals surface area contributed by atoms with Gasteiger partial charge in [0.2, 0.25) is 6.79 Å². The number of nitro groups is 1. The summed E-state index contributed by atoms with van der Waals surface area (Å²) in [6, 6.07) is 10.7. The van der Waals surface area contributed by atoms with Crippen molar-refractivity contribution in [2.24, 2.45) is 0 Å². The second kappa shape index (κ2) is 6.69. The maximum absolute atomic E-state index is 11.3. The summed E-state index contributed by atoms with van der Waals surface area (Å²) in [6.07, 6.45) is 0. The molecule has 0 N–H and O–H groups in total. The molecule has 3 rings (SSSR count). The molecule has 0 aliphatic carbocycles. The van der Waals surface area contributed by atoms with Crippen LogP contribution in [0.25, 0.3) is 0 Å². The normalized spacial score (nSPS) is 11.9. The van der Waals surface area contributed by atoms with Crippen LogP contribution in [0.5, 0.6) is 11.5 Å². The molecule has 7 heteroatoms. The number of nitriles is 1. The van der Waals surface area contributed by atoms with Crippen molar-refractivity contribution >= 4 is 11.4 Å². The molecule has 0 bridgehead atoms. The fourth-order valence-electron chi connectivity index (χ4n) is 2.89. The average Bonchev–Trinajstić information content (AvgIpc) is 3.07. The zero-order chi connectivity index (χ0) is 18.0. The highest BCUT2D eigenvalue weighted by molar-refractivity contribution is 5.65. The SMILES string of the molecule is CCN(Cc1ccc2c(c1)OCO2)c1cc(C#N)cc([N+](=O)[O-])c1C. The van der Waals surface area contributed by atoms with Crippen LogP contribution in [0.15, 0.2) is 30.3 Å². The van der Waals surface area contributed by atoms with Gasteiger partial charge in [0.05, 0.1) is 22.1 Å². The second-order valence-electron chi connectivity index (χ2n) is 5.71. The minimum absolute atomic E-state index is 0.0433. The van der Waals surface area contributed by atoms with Gasteiger partial charge in [-0.15, -0.1) is 0 Å². The van der Waals surface area contributed by atoms with E-state index in [0.29, 0.717) is 35.8 Å². The Morgan fingerprint density at radius 2 is 2.04 bits per heavy atom. The van der Waals surface area contributed by atoms with E-state index in [0.717, 1.165) is 5.56 Å². The molecule has 1 aliphatic rings. The van der Waals surface area contributed by atoms with Gasteiger partial charge in [-0.1, -0.05) is 6.07 Å². The maximum Gasteiger partial charge on any atom is 0.275 e. The number of anilines is 1. The van der Waals surface area contributed by atoms with E-state index in [9.17, 15) is 15.4 Å². The molecule has 0 aromatic heterocycles. The fourth-order valence-corrected chi connectivity index (χ4v) is 2.89. The van der Waals surface area contributed by atoms with Crippen LogP contribution in [-0.2, 0) is 6.54 Å². The monoisotopic (exact) mass is 339 g/mol. The topological polar surface area (TPSA) is 88.6 Å². The van der Waals surface area contributed by atoms with Crippen LogP contribution in [-0.4, -0.2) is 18.3 Å². The molecular weight excluding hydrogens is 322 g/mol. The van der Waals surface area contributed by atoms with Gasteiger partial charge in [-0.2, -0.15) is 5.26 Å². The van der Waals surface area contributed by atoms with E-state index < -0.39 is 4.92 Å². The molecule has 0 saturated carbocycles. The molecule has 0 atom stereocenters. The summed E-state index contributed by atoms with van der Waals surface area (Å²) < 4.78 is 10.7. The number of hydrogen-bond donors (Lipinski definition) is 0. The largest absolute Gasteiger partial charge is 0.454 e. The number of ether oxygens (including phenoxy) is 2. The standard InChI is InChI=1S/C18H17N3O4/c1-3-20(10-13-4-5-17-18(8-13)25-11-24-17)15-6-14(9-19)7-16(12(15)2)21(22)23/h4-8H,3,10-11H2,1-2H3. The van der Waals surface area contributed by atoms with Crippen LogP contribution in [0.2, 0.25) is 0 Å². The zero-order valence-electron chi connectivity index (χ0n) is 14.0. The van der Waals surface area contributed by atoms with Gasteiger partial charge in [-0.05, 0) is 37.6 Å². The lowest BCUT2D eigenvalue weighted by molar-refractivity contribution is -0.385. The van der Waals surface area contributed by atoms with Gasteiger partial charge in [0.1, 0.15) is 0 Å². The van der Waals surface area contributed by atoms with Crippen molar-refractivity contribution in [3.63, 3.8) is 0 Å². The summed E-state index contributed by atoms with van der Waals surface area (Å²) >= 11 is 0. The van der Waals surface area contributed by atoms with Gasteiger partial charge in [-0.3, -0.25) is 10.1 Å². The van der Waals surface area contributed by atoms with E-state index in [4.69, 9.17) is 9.47 Å². The molecule has 0 amide bonds. The van der Waals surface area contributed by atoms with Crippen LogP contribution in [0.3, 0.4) is 0 Å². The Kier molecular flexibility index (Phi) is 4.44. The van der Waals surface area contributed by atoms with Crippen molar-refractivity contribution < 1.29 is 14.4 Å². The molecule has 128 valence electrons. The quantitative estimate of drug-likeness (QED) is 0.611. The van der Waals surface area contributed by atoms with Crippen molar-refractivity contribution in [1.29, 1.82) is 5.26 Å². The van der Waals surface area contributed by atoms with Gasteiger partial charge in [0, 0.05) is 24.8 Å². The summed E-state index contributed by atoms with van der Waals surface area (Å²) in [5, 5.41) is 20.5. The van der Waals surface area contributed by atoms with E-state index in [2.05, 4.69) is 0 Å². The minimum Gasteiger partial charge on any atom is -0.454 e. The van der Waals surface area contributed by atoms with E-state index in [1.807, 2.05) is 36.1 Å². The Morgan fingerprint density at radius 1 is 1.28 bits per heavy atom. The molecule has 0 fully saturated rings. The van der Waals surface area contributed by atoms with Gasteiger partial charge < -0.3 is 14.4 Å². The molecule has 1 heterocycles. The molecule has 0 radical (unpaired) electrons. The molecule has 0 unspecified atom stereocenters. The molecule has 1 aliphatic heterocycles. The number of fused-ring (bicyclic) bond motifs is 1. The third-order valence-corrected chi connectivity index (χ3v) is 4.21. The third kappa shape index (κ3) is 3.19. The molecular formula is C18H17N3O4. The zero-order valence-corrected chi connectivity index (χ0v) is 14.0. The Hall–Kier alpha value is -3.27. The van der Waals surface area contributed by atoms with Crippen LogP contribution < -0.4 is 14.4 Å². The Bertz CT molecular complexity index is 873. The number of hydrogen-bond acceptors (Lipinski definition) is 6. The van der Waals surface area contributed by atoms with Crippen molar-refractivity contribution in [3.8, 4) is 17.6 Å².